The molecule has 0 spiro atoms. The molecule has 0 aliphatic rings. The first kappa shape index (κ1) is 19.4. The van der Waals surface area contributed by atoms with Gasteiger partial charge in [0.1, 0.15) is 6.61 Å². The van der Waals surface area contributed by atoms with Gasteiger partial charge in [0.25, 0.3) is 11.6 Å². The Bertz CT molecular complexity index is 821. The predicted molar refractivity (Wildman–Crippen MR) is 93.3 cm³/mol. The lowest BCUT2D eigenvalue weighted by atomic mass is 10.2. The molecule has 2 rings (SSSR count). The van der Waals surface area contributed by atoms with Crippen LogP contribution in [0, 0.1) is 10.1 Å². The highest BCUT2D eigenvalue weighted by atomic mass is 35.5. The van der Waals surface area contributed by atoms with Gasteiger partial charge in [-0.05, 0) is 18.6 Å². The highest BCUT2D eigenvalue weighted by molar-refractivity contribution is 6.34. The second kappa shape index (κ2) is 8.95. The lowest BCUT2D eigenvalue weighted by Crippen LogP contribution is -2.28. The van der Waals surface area contributed by atoms with Crippen molar-refractivity contribution in [3.8, 4) is 0 Å². The second-order valence-electron chi connectivity index (χ2n) is 5.34. The Kier molecular flexibility index (Phi) is 6.67. The molecule has 1 aromatic heterocycles. The van der Waals surface area contributed by atoms with Crippen LogP contribution >= 0.6 is 11.6 Å². The first-order chi connectivity index (χ1) is 12.4. The molecule has 1 aromatic carbocycles. The molecule has 0 fully saturated rings. The third-order valence-corrected chi connectivity index (χ3v) is 3.70. The van der Waals surface area contributed by atoms with Gasteiger partial charge in [-0.1, -0.05) is 24.9 Å². The molecule has 10 heteroatoms. The van der Waals surface area contributed by atoms with E-state index in [0.717, 1.165) is 24.6 Å². The van der Waals surface area contributed by atoms with E-state index >= 15 is 0 Å². The maximum atomic E-state index is 12.0. The summed E-state index contributed by atoms with van der Waals surface area (Å²) < 4.78 is 5.03. The molecule has 1 heterocycles. The molecular weight excluding hydrogens is 364 g/mol. The molecule has 0 aliphatic carbocycles. The Balaban J connectivity index is 1.81. The number of aromatic amines is 1. The van der Waals surface area contributed by atoms with Gasteiger partial charge in [0.15, 0.2) is 5.69 Å². The number of nitro benzene ring substituents is 1. The van der Waals surface area contributed by atoms with Crippen molar-refractivity contribution in [1.29, 1.82) is 0 Å². The number of ether oxygens (including phenoxy) is 1. The SMILES string of the molecule is CCCc1cc(C(=O)OCCNC(=O)c2ccc([N+](=O)[O-])cc2Cl)n[nH]1. The fourth-order valence-electron chi connectivity index (χ4n) is 2.14. The summed E-state index contributed by atoms with van der Waals surface area (Å²) in [6.45, 7) is 2.02. The van der Waals surface area contributed by atoms with Crippen molar-refractivity contribution in [2.45, 2.75) is 19.8 Å². The van der Waals surface area contributed by atoms with Crippen LogP contribution in [0.4, 0.5) is 5.69 Å². The molecule has 9 nitrogen and oxygen atoms in total. The number of halogens is 1. The minimum atomic E-state index is -0.603. The van der Waals surface area contributed by atoms with Gasteiger partial charge in [-0.3, -0.25) is 20.0 Å². The summed E-state index contributed by atoms with van der Waals surface area (Å²) in [5.74, 6) is -1.11. The van der Waals surface area contributed by atoms with E-state index in [1.165, 1.54) is 12.1 Å². The number of esters is 1. The minimum absolute atomic E-state index is 0.0336. The number of hydrogen-bond acceptors (Lipinski definition) is 6. The topological polar surface area (TPSA) is 127 Å². The number of carbonyl (C=O) groups is 2. The fraction of sp³-hybridized carbons (Fsp3) is 0.312. The summed E-state index contributed by atoms with van der Waals surface area (Å²) in [6.07, 6.45) is 1.71. The monoisotopic (exact) mass is 380 g/mol. The summed E-state index contributed by atoms with van der Waals surface area (Å²) in [7, 11) is 0. The van der Waals surface area contributed by atoms with E-state index < -0.39 is 16.8 Å². The Hall–Kier alpha value is -2.94. The number of benzene rings is 1. The number of H-pyrrole nitrogens is 1. The van der Waals surface area contributed by atoms with E-state index in [4.69, 9.17) is 16.3 Å². The Morgan fingerprint density at radius 3 is 2.81 bits per heavy atom. The quantitative estimate of drug-likeness (QED) is 0.313. The first-order valence-electron chi connectivity index (χ1n) is 7.86. The standard InChI is InChI=1S/C16H17ClN4O5/c1-2-3-10-8-14(20-19-10)16(23)26-7-6-18-15(22)12-5-4-11(21(24)25)9-13(12)17/h4-5,8-9H,2-3,6-7H2,1H3,(H,18,22)(H,19,20). The van der Waals surface area contributed by atoms with Crippen molar-refractivity contribution in [1.82, 2.24) is 15.5 Å². The maximum absolute atomic E-state index is 12.0. The van der Waals surface area contributed by atoms with Crippen LogP contribution in [0.1, 0.15) is 39.9 Å². The van der Waals surface area contributed by atoms with Crippen LogP contribution in [0.3, 0.4) is 0 Å². The molecule has 0 saturated heterocycles. The van der Waals surface area contributed by atoms with Crippen LogP contribution in [-0.4, -0.2) is 40.1 Å². The highest BCUT2D eigenvalue weighted by Crippen LogP contribution is 2.22. The number of amides is 1. The van der Waals surface area contributed by atoms with Gasteiger partial charge in [-0.2, -0.15) is 5.10 Å². The van der Waals surface area contributed by atoms with Gasteiger partial charge in [0.05, 0.1) is 22.1 Å². The van der Waals surface area contributed by atoms with Crippen molar-refractivity contribution in [3.05, 3.63) is 56.4 Å². The Morgan fingerprint density at radius 2 is 2.15 bits per heavy atom. The van der Waals surface area contributed by atoms with Crippen LogP contribution in [0.2, 0.25) is 5.02 Å². The molecule has 138 valence electrons. The summed E-state index contributed by atoms with van der Waals surface area (Å²) in [6, 6.07) is 5.18. The molecule has 0 radical (unpaired) electrons. The van der Waals surface area contributed by atoms with Crippen molar-refractivity contribution < 1.29 is 19.2 Å². The third-order valence-electron chi connectivity index (χ3n) is 3.39. The van der Waals surface area contributed by atoms with Crippen LogP contribution < -0.4 is 5.32 Å². The third kappa shape index (κ3) is 5.03. The molecule has 26 heavy (non-hydrogen) atoms. The lowest BCUT2D eigenvalue weighted by molar-refractivity contribution is -0.384. The number of nitro groups is 1. The zero-order valence-electron chi connectivity index (χ0n) is 14.0. The Morgan fingerprint density at radius 1 is 1.38 bits per heavy atom. The average molecular weight is 381 g/mol. The molecule has 2 aromatic rings. The molecule has 2 N–H and O–H groups in total. The van der Waals surface area contributed by atoms with Crippen LogP contribution in [0.15, 0.2) is 24.3 Å². The van der Waals surface area contributed by atoms with Crippen molar-refractivity contribution in [3.63, 3.8) is 0 Å². The molecular formula is C16H17ClN4O5. The van der Waals surface area contributed by atoms with Crippen molar-refractivity contribution >= 4 is 29.2 Å². The lowest BCUT2D eigenvalue weighted by Gasteiger charge is -2.07. The van der Waals surface area contributed by atoms with Crippen LogP contribution in [0.25, 0.3) is 0 Å². The zero-order chi connectivity index (χ0) is 19.1. The fourth-order valence-corrected chi connectivity index (χ4v) is 2.40. The minimum Gasteiger partial charge on any atom is -0.459 e. The first-order valence-corrected chi connectivity index (χ1v) is 8.23. The summed E-state index contributed by atoms with van der Waals surface area (Å²) in [5.41, 5.74) is 0.917. The zero-order valence-corrected chi connectivity index (χ0v) is 14.7. The van der Waals surface area contributed by atoms with Gasteiger partial charge in [-0.25, -0.2) is 4.79 Å². The molecule has 0 saturated carbocycles. The molecule has 0 aliphatic heterocycles. The predicted octanol–water partition coefficient (Wildman–Crippen LogP) is 2.51. The largest absolute Gasteiger partial charge is 0.459 e. The van der Waals surface area contributed by atoms with Gasteiger partial charge in [0, 0.05) is 17.8 Å². The molecule has 0 bridgehead atoms. The Labute approximate surface area is 153 Å². The number of hydrogen-bond donors (Lipinski definition) is 2. The number of aryl methyl sites for hydroxylation is 1. The summed E-state index contributed by atoms with van der Waals surface area (Å²) in [4.78, 5) is 33.9. The normalized spacial score (nSPS) is 10.4. The van der Waals surface area contributed by atoms with E-state index in [1.807, 2.05) is 6.92 Å². The second-order valence-corrected chi connectivity index (χ2v) is 5.75. The van der Waals surface area contributed by atoms with E-state index in [0.29, 0.717) is 0 Å². The van der Waals surface area contributed by atoms with Gasteiger partial charge in [-0.15, -0.1) is 0 Å². The number of aromatic nitrogens is 2. The molecule has 0 unspecified atom stereocenters. The van der Waals surface area contributed by atoms with E-state index in [1.54, 1.807) is 6.07 Å². The average Bonchev–Trinajstić information content (AvgIpc) is 3.07. The smallest absolute Gasteiger partial charge is 0.358 e. The van der Waals surface area contributed by atoms with Crippen molar-refractivity contribution in [2.75, 3.05) is 13.2 Å². The number of nitrogens with zero attached hydrogens (tertiary/aromatic N) is 2. The van der Waals surface area contributed by atoms with Gasteiger partial charge >= 0.3 is 5.97 Å². The summed E-state index contributed by atoms with van der Waals surface area (Å²) in [5, 5.41) is 19.8. The number of non-ortho nitro benzene ring substituents is 1. The van der Waals surface area contributed by atoms with Gasteiger partial charge in [0.2, 0.25) is 0 Å². The van der Waals surface area contributed by atoms with Crippen LogP contribution in [0.5, 0.6) is 0 Å². The summed E-state index contributed by atoms with van der Waals surface area (Å²) >= 11 is 5.88. The highest BCUT2D eigenvalue weighted by Gasteiger charge is 2.15. The van der Waals surface area contributed by atoms with Gasteiger partial charge < -0.3 is 10.1 Å². The van der Waals surface area contributed by atoms with E-state index in [9.17, 15) is 19.7 Å². The molecule has 1 amide bonds. The molecule has 0 atom stereocenters. The van der Waals surface area contributed by atoms with Crippen LogP contribution in [-0.2, 0) is 11.2 Å². The van der Waals surface area contributed by atoms with E-state index in [-0.39, 0.29) is 35.1 Å². The van der Waals surface area contributed by atoms with Crippen molar-refractivity contribution in [2.24, 2.45) is 0 Å². The number of carbonyl (C=O) groups excluding carboxylic acids is 2. The maximum Gasteiger partial charge on any atom is 0.358 e. The number of nitrogens with one attached hydrogen (secondary N) is 2. The van der Waals surface area contributed by atoms with E-state index in [2.05, 4.69) is 15.5 Å². The number of rotatable bonds is 8.